The highest BCUT2D eigenvalue weighted by Crippen LogP contribution is 2.18. The lowest BCUT2D eigenvalue weighted by atomic mass is 10.1. The first-order chi connectivity index (χ1) is 12.2. The quantitative estimate of drug-likeness (QED) is 0.674. The maximum atomic E-state index is 12.3. The van der Waals surface area contributed by atoms with E-state index >= 15 is 0 Å². The molecule has 1 N–H and O–H groups in total. The van der Waals surface area contributed by atoms with Gasteiger partial charge in [-0.05, 0) is 24.6 Å². The minimum Gasteiger partial charge on any atom is -0.494 e. The van der Waals surface area contributed by atoms with E-state index in [1.807, 2.05) is 49.6 Å². The molecule has 2 aromatic heterocycles. The van der Waals surface area contributed by atoms with E-state index in [2.05, 4.69) is 15.4 Å². The van der Waals surface area contributed by atoms with Gasteiger partial charge in [0.15, 0.2) is 0 Å². The summed E-state index contributed by atoms with van der Waals surface area (Å²) in [7, 11) is 1.85. The number of hydrogen-bond acceptors (Lipinski definition) is 4. The lowest BCUT2D eigenvalue weighted by Gasteiger charge is -2.08. The maximum absolute atomic E-state index is 12.3. The number of pyridine rings is 1. The average Bonchev–Trinajstić information content (AvgIpc) is 3.09. The molecule has 0 fully saturated rings. The summed E-state index contributed by atoms with van der Waals surface area (Å²) in [5.74, 6) is 0.695. The second kappa shape index (κ2) is 8.10. The van der Waals surface area contributed by atoms with Gasteiger partial charge in [-0.15, -0.1) is 0 Å². The highest BCUT2D eigenvalue weighted by atomic mass is 16.5. The third-order valence-electron chi connectivity index (χ3n) is 3.66. The van der Waals surface area contributed by atoms with E-state index in [0.29, 0.717) is 18.7 Å². The van der Waals surface area contributed by atoms with Crippen LogP contribution in [-0.2, 0) is 7.05 Å². The predicted molar refractivity (Wildman–Crippen MR) is 95.3 cm³/mol. The van der Waals surface area contributed by atoms with E-state index < -0.39 is 0 Å². The van der Waals surface area contributed by atoms with Gasteiger partial charge in [0.1, 0.15) is 5.75 Å². The number of nitrogens with zero attached hydrogens (tertiary/aromatic N) is 3. The Kier molecular flexibility index (Phi) is 5.41. The van der Waals surface area contributed by atoms with Crippen LogP contribution in [0.5, 0.6) is 5.75 Å². The summed E-state index contributed by atoms with van der Waals surface area (Å²) in [6.45, 7) is 1.10. The van der Waals surface area contributed by atoms with Crippen molar-refractivity contribution < 1.29 is 9.53 Å². The molecular weight excluding hydrogens is 316 g/mol. The van der Waals surface area contributed by atoms with Crippen molar-refractivity contribution in [3.63, 3.8) is 0 Å². The Hall–Kier alpha value is -3.15. The van der Waals surface area contributed by atoms with Crippen LogP contribution in [0.25, 0.3) is 11.1 Å². The van der Waals surface area contributed by atoms with Crippen LogP contribution in [0.1, 0.15) is 16.8 Å². The topological polar surface area (TPSA) is 69.0 Å². The number of para-hydroxylation sites is 1. The molecule has 3 rings (SSSR count). The van der Waals surface area contributed by atoms with Gasteiger partial charge < -0.3 is 10.1 Å². The van der Waals surface area contributed by atoms with Crippen molar-refractivity contribution in [1.82, 2.24) is 20.1 Å². The largest absolute Gasteiger partial charge is 0.494 e. The molecule has 0 spiro atoms. The van der Waals surface area contributed by atoms with E-state index in [1.165, 1.54) is 0 Å². The van der Waals surface area contributed by atoms with Gasteiger partial charge in [-0.2, -0.15) is 5.10 Å². The Morgan fingerprint density at radius 2 is 2.00 bits per heavy atom. The summed E-state index contributed by atoms with van der Waals surface area (Å²) in [5, 5.41) is 7.03. The molecular formula is C19H20N4O2. The fourth-order valence-electron chi connectivity index (χ4n) is 2.38. The number of amides is 1. The van der Waals surface area contributed by atoms with Crippen LogP contribution in [0.15, 0.2) is 61.2 Å². The molecule has 0 aliphatic heterocycles. The van der Waals surface area contributed by atoms with Gasteiger partial charge >= 0.3 is 0 Å². The average molecular weight is 336 g/mol. The monoisotopic (exact) mass is 336 g/mol. The van der Waals surface area contributed by atoms with Crippen molar-refractivity contribution in [3.8, 4) is 16.9 Å². The Bertz CT molecular complexity index is 830. The fraction of sp³-hybridized carbons (Fsp3) is 0.211. The molecule has 0 aliphatic carbocycles. The number of aryl methyl sites for hydroxylation is 1. The van der Waals surface area contributed by atoms with E-state index in [-0.39, 0.29) is 5.91 Å². The molecule has 0 saturated heterocycles. The molecule has 0 saturated carbocycles. The van der Waals surface area contributed by atoms with Crippen LogP contribution >= 0.6 is 0 Å². The van der Waals surface area contributed by atoms with Gasteiger partial charge in [-0.1, -0.05) is 18.2 Å². The summed E-state index contributed by atoms with van der Waals surface area (Å²) in [6, 6.07) is 11.4. The number of carbonyl (C=O) groups excluding carboxylic acids is 1. The van der Waals surface area contributed by atoms with Gasteiger partial charge in [0.25, 0.3) is 5.91 Å². The van der Waals surface area contributed by atoms with Crippen molar-refractivity contribution in [3.05, 3.63) is 66.7 Å². The van der Waals surface area contributed by atoms with Crippen molar-refractivity contribution in [1.29, 1.82) is 0 Å². The first kappa shape index (κ1) is 16.7. The molecule has 1 aromatic carbocycles. The number of nitrogens with one attached hydrogen (secondary N) is 1. The minimum atomic E-state index is -0.141. The molecule has 3 aromatic rings. The number of benzene rings is 1. The van der Waals surface area contributed by atoms with Gasteiger partial charge in [-0.3, -0.25) is 14.5 Å². The summed E-state index contributed by atoms with van der Waals surface area (Å²) in [6.07, 6.45) is 7.66. The van der Waals surface area contributed by atoms with Crippen molar-refractivity contribution in [2.24, 2.45) is 7.05 Å². The standard InChI is InChI=1S/C19H20N4O2/c1-23-14-17(13-22-23)15-10-16(12-20-11-15)19(24)21-8-5-9-25-18-6-3-2-4-7-18/h2-4,6-7,10-14H,5,8-9H2,1H3,(H,21,24). The smallest absolute Gasteiger partial charge is 0.252 e. The molecule has 2 heterocycles. The number of carbonyl (C=O) groups is 1. The predicted octanol–water partition coefficient (Wildman–Crippen LogP) is 2.68. The molecule has 0 bridgehead atoms. The van der Waals surface area contributed by atoms with Crippen LogP contribution < -0.4 is 10.1 Å². The van der Waals surface area contributed by atoms with Crippen LogP contribution in [0.3, 0.4) is 0 Å². The Balaban J connectivity index is 1.48. The minimum absolute atomic E-state index is 0.141. The Morgan fingerprint density at radius 3 is 2.76 bits per heavy atom. The molecule has 1 amide bonds. The zero-order valence-corrected chi connectivity index (χ0v) is 14.1. The van der Waals surface area contributed by atoms with Crippen molar-refractivity contribution in [2.75, 3.05) is 13.2 Å². The summed E-state index contributed by atoms with van der Waals surface area (Å²) in [5.41, 5.74) is 2.33. The maximum Gasteiger partial charge on any atom is 0.252 e. The van der Waals surface area contributed by atoms with E-state index in [4.69, 9.17) is 4.74 Å². The summed E-state index contributed by atoms with van der Waals surface area (Å²) >= 11 is 0. The SMILES string of the molecule is Cn1cc(-c2cncc(C(=O)NCCCOc3ccccc3)c2)cn1. The molecule has 6 nitrogen and oxygen atoms in total. The summed E-state index contributed by atoms with van der Waals surface area (Å²) < 4.78 is 7.32. The molecule has 0 unspecified atom stereocenters. The summed E-state index contributed by atoms with van der Waals surface area (Å²) in [4.78, 5) is 16.4. The molecule has 0 atom stereocenters. The number of rotatable bonds is 7. The van der Waals surface area contributed by atoms with E-state index in [9.17, 15) is 4.79 Å². The number of ether oxygens (including phenoxy) is 1. The highest BCUT2D eigenvalue weighted by molar-refractivity contribution is 5.94. The number of hydrogen-bond donors (Lipinski definition) is 1. The van der Waals surface area contributed by atoms with Crippen molar-refractivity contribution in [2.45, 2.75) is 6.42 Å². The normalized spacial score (nSPS) is 10.4. The second-order valence-electron chi connectivity index (χ2n) is 5.64. The highest BCUT2D eigenvalue weighted by Gasteiger charge is 2.08. The number of aromatic nitrogens is 3. The van der Waals surface area contributed by atoms with Gasteiger partial charge in [-0.25, -0.2) is 0 Å². The Labute approximate surface area is 146 Å². The zero-order chi connectivity index (χ0) is 17.5. The fourth-order valence-corrected chi connectivity index (χ4v) is 2.38. The zero-order valence-electron chi connectivity index (χ0n) is 14.1. The van der Waals surface area contributed by atoms with Crippen LogP contribution in [0, 0.1) is 0 Å². The molecule has 6 heteroatoms. The first-order valence-corrected chi connectivity index (χ1v) is 8.12. The second-order valence-corrected chi connectivity index (χ2v) is 5.64. The third kappa shape index (κ3) is 4.67. The Morgan fingerprint density at radius 1 is 1.16 bits per heavy atom. The van der Waals surface area contributed by atoms with Crippen LogP contribution in [0.4, 0.5) is 0 Å². The van der Waals surface area contributed by atoms with Gasteiger partial charge in [0.2, 0.25) is 0 Å². The lowest BCUT2D eigenvalue weighted by molar-refractivity contribution is 0.0951. The van der Waals surface area contributed by atoms with E-state index in [1.54, 1.807) is 23.3 Å². The molecule has 25 heavy (non-hydrogen) atoms. The van der Waals surface area contributed by atoms with Crippen molar-refractivity contribution >= 4 is 5.91 Å². The van der Waals surface area contributed by atoms with E-state index in [0.717, 1.165) is 23.3 Å². The first-order valence-electron chi connectivity index (χ1n) is 8.12. The van der Waals surface area contributed by atoms with Crippen LogP contribution in [-0.4, -0.2) is 33.8 Å². The van der Waals surface area contributed by atoms with Gasteiger partial charge in [0.05, 0.1) is 18.4 Å². The molecule has 0 radical (unpaired) electrons. The molecule has 0 aliphatic rings. The van der Waals surface area contributed by atoms with Crippen LogP contribution in [0.2, 0.25) is 0 Å². The molecule has 128 valence electrons. The lowest BCUT2D eigenvalue weighted by Crippen LogP contribution is -2.25. The van der Waals surface area contributed by atoms with Gasteiger partial charge in [0, 0.05) is 43.3 Å². The third-order valence-corrected chi connectivity index (χ3v) is 3.66.